The van der Waals surface area contributed by atoms with E-state index in [-0.39, 0.29) is 5.78 Å². The van der Waals surface area contributed by atoms with Crippen molar-refractivity contribution in [2.45, 2.75) is 19.3 Å². The number of rotatable bonds is 5. The minimum atomic E-state index is 0.258. The van der Waals surface area contributed by atoms with Gasteiger partial charge in [0.2, 0.25) is 0 Å². The van der Waals surface area contributed by atoms with Crippen molar-refractivity contribution in [3.05, 3.63) is 46.7 Å². The van der Waals surface area contributed by atoms with Gasteiger partial charge in [-0.1, -0.05) is 6.07 Å². The molecular weight excluding hydrogens is 220 g/mol. The van der Waals surface area contributed by atoms with Crippen molar-refractivity contribution in [3.63, 3.8) is 0 Å². The van der Waals surface area contributed by atoms with Crippen LogP contribution in [0.2, 0.25) is 0 Å². The summed E-state index contributed by atoms with van der Waals surface area (Å²) in [4.78, 5) is 20.6. The standard InChI is InChI=1S/C12H12N2OS/c15-11(6-12-8-14-9-16-12)4-3-10-2-1-5-13-7-10/h1-2,5,7-9H,3-4,6H2. The SMILES string of the molecule is O=C(CCc1cccnc1)Cc1cncs1. The first-order valence-electron chi connectivity index (χ1n) is 5.12. The molecule has 0 aliphatic carbocycles. The third-order valence-electron chi connectivity index (χ3n) is 2.27. The Labute approximate surface area is 98.2 Å². The molecule has 2 aromatic heterocycles. The highest BCUT2D eigenvalue weighted by atomic mass is 32.1. The van der Waals surface area contributed by atoms with Crippen molar-refractivity contribution >= 4 is 17.1 Å². The first-order valence-corrected chi connectivity index (χ1v) is 6.00. The molecule has 4 heteroatoms. The number of aromatic nitrogens is 2. The van der Waals surface area contributed by atoms with Crippen molar-refractivity contribution in [1.82, 2.24) is 9.97 Å². The predicted octanol–water partition coefficient (Wildman–Crippen LogP) is 2.28. The lowest BCUT2D eigenvalue weighted by atomic mass is 10.1. The molecule has 0 radical (unpaired) electrons. The summed E-state index contributed by atoms with van der Waals surface area (Å²) < 4.78 is 0. The number of ketones is 1. The maximum Gasteiger partial charge on any atom is 0.138 e. The molecule has 0 aromatic carbocycles. The van der Waals surface area contributed by atoms with E-state index in [0.717, 1.165) is 16.9 Å². The van der Waals surface area contributed by atoms with E-state index in [1.54, 1.807) is 24.1 Å². The Kier molecular flexibility index (Phi) is 3.77. The Morgan fingerprint density at radius 2 is 2.25 bits per heavy atom. The molecule has 0 amide bonds. The van der Waals surface area contributed by atoms with Crippen LogP contribution in [0, 0.1) is 0 Å². The average Bonchev–Trinajstić information content (AvgIpc) is 2.81. The fraction of sp³-hybridized carbons (Fsp3) is 0.250. The van der Waals surface area contributed by atoms with Gasteiger partial charge < -0.3 is 0 Å². The molecule has 0 saturated carbocycles. The van der Waals surface area contributed by atoms with Gasteiger partial charge in [-0.15, -0.1) is 11.3 Å². The highest BCUT2D eigenvalue weighted by Crippen LogP contribution is 2.09. The van der Waals surface area contributed by atoms with Crippen molar-refractivity contribution in [1.29, 1.82) is 0 Å². The fourth-order valence-electron chi connectivity index (χ4n) is 1.44. The van der Waals surface area contributed by atoms with Crippen LogP contribution in [0.3, 0.4) is 0 Å². The minimum Gasteiger partial charge on any atom is -0.299 e. The number of hydrogen-bond acceptors (Lipinski definition) is 4. The van der Waals surface area contributed by atoms with E-state index >= 15 is 0 Å². The van der Waals surface area contributed by atoms with E-state index in [4.69, 9.17) is 0 Å². The molecule has 0 saturated heterocycles. The van der Waals surface area contributed by atoms with Crippen molar-refractivity contribution in [2.75, 3.05) is 0 Å². The first kappa shape index (κ1) is 11.0. The lowest BCUT2D eigenvalue weighted by molar-refractivity contribution is -0.118. The van der Waals surface area contributed by atoms with E-state index < -0.39 is 0 Å². The smallest absolute Gasteiger partial charge is 0.138 e. The van der Waals surface area contributed by atoms with Crippen LogP contribution in [-0.2, 0) is 17.6 Å². The summed E-state index contributed by atoms with van der Waals surface area (Å²) in [6, 6.07) is 3.88. The number of pyridine rings is 1. The van der Waals surface area contributed by atoms with Gasteiger partial charge in [0, 0.05) is 36.3 Å². The summed E-state index contributed by atoms with van der Waals surface area (Å²) in [6.45, 7) is 0. The van der Waals surface area contributed by atoms with Crippen LogP contribution in [0.15, 0.2) is 36.2 Å². The zero-order valence-corrected chi connectivity index (χ0v) is 9.61. The van der Waals surface area contributed by atoms with Crippen molar-refractivity contribution in [3.8, 4) is 0 Å². The molecule has 0 atom stereocenters. The Balaban J connectivity index is 1.80. The van der Waals surface area contributed by atoms with Crippen LogP contribution in [0.4, 0.5) is 0 Å². The van der Waals surface area contributed by atoms with E-state index in [0.29, 0.717) is 12.8 Å². The topological polar surface area (TPSA) is 42.9 Å². The van der Waals surface area contributed by atoms with Gasteiger partial charge in [-0.25, -0.2) is 0 Å². The molecule has 2 rings (SSSR count). The number of carbonyl (C=O) groups is 1. The number of aryl methyl sites for hydroxylation is 1. The van der Waals surface area contributed by atoms with Gasteiger partial charge in [0.25, 0.3) is 0 Å². The zero-order valence-electron chi connectivity index (χ0n) is 8.80. The van der Waals surface area contributed by atoms with Crippen LogP contribution in [0.5, 0.6) is 0 Å². The third-order valence-corrected chi connectivity index (χ3v) is 3.05. The second-order valence-electron chi connectivity index (χ2n) is 3.54. The highest BCUT2D eigenvalue weighted by Gasteiger charge is 2.05. The van der Waals surface area contributed by atoms with Crippen molar-refractivity contribution < 1.29 is 4.79 Å². The molecular formula is C12H12N2OS. The normalized spacial score (nSPS) is 10.2. The molecule has 82 valence electrons. The second-order valence-corrected chi connectivity index (χ2v) is 4.52. The Bertz CT molecular complexity index is 439. The maximum absolute atomic E-state index is 11.6. The van der Waals surface area contributed by atoms with Crippen LogP contribution < -0.4 is 0 Å². The summed E-state index contributed by atoms with van der Waals surface area (Å²) in [5.74, 6) is 0.258. The second kappa shape index (κ2) is 5.51. The van der Waals surface area contributed by atoms with Crippen LogP contribution >= 0.6 is 11.3 Å². The van der Waals surface area contributed by atoms with E-state index in [1.165, 1.54) is 11.3 Å². The number of carbonyl (C=O) groups excluding carboxylic acids is 1. The van der Waals surface area contributed by atoms with Gasteiger partial charge in [-0.2, -0.15) is 0 Å². The van der Waals surface area contributed by atoms with E-state index in [2.05, 4.69) is 9.97 Å². The lowest BCUT2D eigenvalue weighted by Gasteiger charge is -1.99. The molecule has 0 N–H and O–H groups in total. The van der Waals surface area contributed by atoms with Gasteiger partial charge >= 0.3 is 0 Å². The molecule has 2 aromatic rings. The molecule has 0 aliphatic heterocycles. The average molecular weight is 232 g/mol. The molecule has 3 nitrogen and oxygen atoms in total. The molecule has 16 heavy (non-hydrogen) atoms. The fourth-order valence-corrected chi connectivity index (χ4v) is 2.07. The van der Waals surface area contributed by atoms with Crippen LogP contribution in [-0.4, -0.2) is 15.8 Å². The van der Waals surface area contributed by atoms with Gasteiger partial charge in [-0.05, 0) is 18.1 Å². The van der Waals surface area contributed by atoms with E-state index in [1.807, 2.05) is 12.1 Å². The summed E-state index contributed by atoms with van der Waals surface area (Å²) >= 11 is 1.53. The number of Topliss-reactive ketones (excluding diaryl/α,β-unsaturated/α-hetero) is 1. The van der Waals surface area contributed by atoms with Crippen LogP contribution in [0.1, 0.15) is 16.9 Å². The Hall–Kier alpha value is -1.55. The zero-order chi connectivity index (χ0) is 11.2. The van der Waals surface area contributed by atoms with Gasteiger partial charge in [-0.3, -0.25) is 14.8 Å². The van der Waals surface area contributed by atoms with E-state index in [9.17, 15) is 4.79 Å². The molecule has 0 fully saturated rings. The molecule has 0 spiro atoms. The summed E-state index contributed by atoms with van der Waals surface area (Å²) in [5, 5.41) is 0. The predicted molar refractivity (Wildman–Crippen MR) is 63.4 cm³/mol. The highest BCUT2D eigenvalue weighted by molar-refractivity contribution is 7.09. The van der Waals surface area contributed by atoms with Crippen molar-refractivity contribution in [2.24, 2.45) is 0 Å². The number of hydrogen-bond donors (Lipinski definition) is 0. The first-order chi connectivity index (χ1) is 7.84. The Morgan fingerprint density at radius 3 is 2.94 bits per heavy atom. The lowest BCUT2D eigenvalue weighted by Crippen LogP contribution is -2.03. The van der Waals surface area contributed by atoms with Gasteiger partial charge in [0.05, 0.1) is 5.51 Å². The minimum absolute atomic E-state index is 0.258. The third kappa shape index (κ3) is 3.24. The molecule has 0 unspecified atom stereocenters. The monoisotopic (exact) mass is 232 g/mol. The largest absolute Gasteiger partial charge is 0.299 e. The molecule has 2 heterocycles. The molecule has 0 bridgehead atoms. The Morgan fingerprint density at radius 1 is 1.31 bits per heavy atom. The summed E-state index contributed by atoms with van der Waals surface area (Å²) in [6.07, 6.45) is 7.15. The quantitative estimate of drug-likeness (QED) is 0.794. The summed E-state index contributed by atoms with van der Waals surface area (Å²) in [7, 11) is 0. The summed E-state index contributed by atoms with van der Waals surface area (Å²) in [5.41, 5.74) is 2.86. The van der Waals surface area contributed by atoms with Gasteiger partial charge in [0.15, 0.2) is 0 Å². The number of nitrogens with zero attached hydrogens (tertiary/aromatic N) is 2. The number of thiazole rings is 1. The molecule has 0 aliphatic rings. The van der Waals surface area contributed by atoms with Crippen LogP contribution in [0.25, 0.3) is 0 Å². The maximum atomic E-state index is 11.6. The van der Waals surface area contributed by atoms with Gasteiger partial charge in [0.1, 0.15) is 5.78 Å².